The molecule has 1 amide bonds. The number of rotatable bonds is 5. The minimum Gasteiger partial charge on any atom is -0.497 e. The molecule has 2 aromatic carbocycles. The highest BCUT2D eigenvalue weighted by Gasteiger charge is 2.35. The SMILES string of the molecule is COc1ccc(-c2nc(C3CC(=O)N(c4ccc(F)cc4Cl)C3)no2)c(OC)c1. The molecule has 1 fully saturated rings. The number of ether oxygens (including phenoxy) is 2. The van der Waals surface area contributed by atoms with Crippen LogP contribution in [0.2, 0.25) is 5.02 Å². The van der Waals surface area contributed by atoms with Gasteiger partial charge in [0.1, 0.15) is 17.3 Å². The number of aromatic nitrogens is 2. The van der Waals surface area contributed by atoms with Gasteiger partial charge in [0.15, 0.2) is 5.82 Å². The van der Waals surface area contributed by atoms with Gasteiger partial charge in [0.2, 0.25) is 5.91 Å². The van der Waals surface area contributed by atoms with Crippen molar-refractivity contribution in [1.29, 1.82) is 0 Å². The van der Waals surface area contributed by atoms with E-state index >= 15 is 0 Å². The second kappa shape index (κ2) is 7.71. The van der Waals surface area contributed by atoms with Crippen LogP contribution in [0.3, 0.4) is 0 Å². The zero-order valence-corrected chi connectivity index (χ0v) is 16.4. The van der Waals surface area contributed by atoms with E-state index in [1.807, 2.05) is 0 Å². The van der Waals surface area contributed by atoms with Crippen LogP contribution in [0.4, 0.5) is 10.1 Å². The van der Waals surface area contributed by atoms with Gasteiger partial charge in [-0.1, -0.05) is 16.8 Å². The fourth-order valence-electron chi connectivity index (χ4n) is 3.30. The molecule has 4 rings (SSSR count). The Balaban J connectivity index is 1.58. The fourth-order valence-corrected chi connectivity index (χ4v) is 3.57. The lowest BCUT2D eigenvalue weighted by Crippen LogP contribution is -2.24. The molecule has 0 aliphatic carbocycles. The number of methoxy groups -OCH3 is 2. The number of anilines is 1. The van der Waals surface area contributed by atoms with E-state index < -0.39 is 5.82 Å². The molecule has 2 heterocycles. The van der Waals surface area contributed by atoms with E-state index in [0.717, 1.165) is 0 Å². The first-order valence-corrected chi connectivity index (χ1v) is 9.19. The quantitative estimate of drug-likeness (QED) is 0.622. The molecule has 1 unspecified atom stereocenters. The molecule has 1 aliphatic heterocycles. The molecular weight excluding hydrogens is 401 g/mol. The first-order valence-electron chi connectivity index (χ1n) is 8.81. The Bertz CT molecular complexity index is 1070. The molecule has 1 saturated heterocycles. The monoisotopic (exact) mass is 417 g/mol. The molecule has 150 valence electrons. The average molecular weight is 418 g/mol. The molecule has 1 aromatic heterocycles. The maximum atomic E-state index is 13.3. The van der Waals surface area contributed by atoms with Gasteiger partial charge in [0.05, 0.1) is 30.5 Å². The summed E-state index contributed by atoms with van der Waals surface area (Å²) in [5.41, 5.74) is 1.08. The standard InChI is InChI=1S/C20H17ClFN3O4/c1-27-13-4-5-14(17(9-13)28-2)20-23-19(24-29-20)11-7-18(26)25(10-11)16-6-3-12(22)8-15(16)21/h3-6,8-9,11H,7,10H2,1-2H3. The number of nitrogens with zero attached hydrogens (tertiary/aromatic N) is 3. The van der Waals surface area contributed by atoms with E-state index in [2.05, 4.69) is 10.1 Å². The summed E-state index contributed by atoms with van der Waals surface area (Å²) in [6.45, 7) is 0.322. The maximum Gasteiger partial charge on any atom is 0.261 e. The largest absolute Gasteiger partial charge is 0.497 e. The Morgan fingerprint density at radius 1 is 1.21 bits per heavy atom. The van der Waals surface area contributed by atoms with E-state index in [1.165, 1.54) is 30.2 Å². The molecule has 1 aliphatic rings. The molecular formula is C20H17ClFN3O4. The van der Waals surface area contributed by atoms with Crippen LogP contribution in [0, 0.1) is 5.82 Å². The summed E-state index contributed by atoms with van der Waals surface area (Å²) in [5.74, 6) is 0.984. The second-order valence-electron chi connectivity index (χ2n) is 6.53. The molecule has 0 N–H and O–H groups in total. The van der Waals surface area contributed by atoms with Gasteiger partial charge in [-0.15, -0.1) is 0 Å². The summed E-state index contributed by atoms with van der Waals surface area (Å²) in [5, 5.41) is 4.22. The van der Waals surface area contributed by atoms with Crippen LogP contribution in [0.15, 0.2) is 40.9 Å². The highest BCUT2D eigenvalue weighted by atomic mass is 35.5. The predicted molar refractivity (Wildman–Crippen MR) is 104 cm³/mol. The van der Waals surface area contributed by atoms with Gasteiger partial charge in [0, 0.05) is 24.9 Å². The van der Waals surface area contributed by atoms with Crippen molar-refractivity contribution in [2.45, 2.75) is 12.3 Å². The third kappa shape index (κ3) is 3.63. The second-order valence-corrected chi connectivity index (χ2v) is 6.93. The Labute approximate surface area is 171 Å². The van der Waals surface area contributed by atoms with Crippen molar-refractivity contribution >= 4 is 23.2 Å². The van der Waals surface area contributed by atoms with Gasteiger partial charge in [-0.2, -0.15) is 4.98 Å². The average Bonchev–Trinajstić information content (AvgIpc) is 3.34. The van der Waals surface area contributed by atoms with Crippen molar-refractivity contribution in [1.82, 2.24) is 10.1 Å². The van der Waals surface area contributed by atoms with Gasteiger partial charge >= 0.3 is 0 Å². The van der Waals surface area contributed by atoms with Crippen LogP contribution in [0.5, 0.6) is 11.5 Å². The number of amides is 1. The lowest BCUT2D eigenvalue weighted by atomic mass is 10.1. The number of benzene rings is 2. The zero-order valence-electron chi connectivity index (χ0n) is 15.7. The molecule has 0 spiro atoms. The normalized spacial score (nSPS) is 16.3. The van der Waals surface area contributed by atoms with Gasteiger partial charge in [-0.05, 0) is 30.3 Å². The number of hydrogen-bond acceptors (Lipinski definition) is 6. The van der Waals surface area contributed by atoms with Gasteiger partial charge in [-0.3, -0.25) is 4.79 Å². The van der Waals surface area contributed by atoms with Crippen LogP contribution in [-0.2, 0) is 4.79 Å². The minimum absolute atomic E-state index is 0.142. The maximum absolute atomic E-state index is 13.3. The predicted octanol–water partition coefficient (Wildman–Crippen LogP) is 4.07. The molecule has 1 atom stereocenters. The molecule has 0 saturated carbocycles. The molecule has 29 heavy (non-hydrogen) atoms. The number of carbonyl (C=O) groups is 1. The third-order valence-corrected chi connectivity index (χ3v) is 5.07. The lowest BCUT2D eigenvalue weighted by molar-refractivity contribution is -0.117. The minimum atomic E-state index is -0.460. The summed E-state index contributed by atoms with van der Waals surface area (Å²) in [7, 11) is 3.10. The Morgan fingerprint density at radius 3 is 2.76 bits per heavy atom. The highest BCUT2D eigenvalue weighted by molar-refractivity contribution is 6.33. The molecule has 7 nitrogen and oxygen atoms in total. The lowest BCUT2D eigenvalue weighted by Gasteiger charge is -2.17. The number of halogens is 2. The van der Waals surface area contributed by atoms with E-state index in [4.69, 9.17) is 25.6 Å². The first kappa shape index (κ1) is 19.2. The summed E-state index contributed by atoms with van der Waals surface area (Å²) < 4.78 is 29.3. The summed E-state index contributed by atoms with van der Waals surface area (Å²) in [6, 6.07) is 9.18. The smallest absolute Gasteiger partial charge is 0.261 e. The number of hydrogen-bond donors (Lipinski definition) is 0. The van der Waals surface area contributed by atoms with Crippen molar-refractivity contribution in [3.63, 3.8) is 0 Å². The highest BCUT2D eigenvalue weighted by Crippen LogP contribution is 2.37. The fraction of sp³-hybridized carbons (Fsp3) is 0.250. The summed E-state index contributed by atoms with van der Waals surface area (Å²) in [6.07, 6.45) is 0.201. The summed E-state index contributed by atoms with van der Waals surface area (Å²) >= 11 is 6.10. The molecule has 9 heteroatoms. The Hall–Kier alpha value is -3.13. The van der Waals surface area contributed by atoms with Gasteiger partial charge in [0.25, 0.3) is 5.89 Å². The van der Waals surface area contributed by atoms with Crippen LogP contribution in [-0.4, -0.2) is 36.8 Å². The van der Waals surface area contributed by atoms with Gasteiger partial charge < -0.3 is 18.9 Å². The van der Waals surface area contributed by atoms with E-state index in [1.54, 1.807) is 25.3 Å². The molecule has 3 aromatic rings. The van der Waals surface area contributed by atoms with E-state index in [0.29, 0.717) is 35.1 Å². The molecule has 0 radical (unpaired) electrons. The van der Waals surface area contributed by atoms with E-state index in [9.17, 15) is 9.18 Å². The first-order chi connectivity index (χ1) is 14.0. The van der Waals surface area contributed by atoms with Crippen LogP contribution in [0.1, 0.15) is 18.2 Å². The van der Waals surface area contributed by atoms with Crippen LogP contribution < -0.4 is 14.4 Å². The van der Waals surface area contributed by atoms with Crippen molar-refractivity contribution in [2.24, 2.45) is 0 Å². The van der Waals surface area contributed by atoms with Crippen molar-refractivity contribution in [3.05, 3.63) is 53.1 Å². The third-order valence-electron chi connectivity index (χ3n) is 4.77. The molecule has 0 bridgehead atoms. The Morgan fingerprint density at radius 2 is 2.03 bits per heavy atom. The van der Waals surface area contributed by atoms with Crippen LogP contribution in [0.25, 0.3) is 11.5 Å². The van der Waals surface area contributed by atoms with Gasteiger partial charge in [-0.25, -0.2) is 4.39 Å². The van der Waals surface area contributed by atoms with Crippen molar-refractivity contribution < 1.29 is 23.2 Å². The topological polar surface area (TPSA) is 77.7 Å². The summed E-state index contributed by atoms with van der Waals surface area (Å²) in [4.78, 5) is 18.5. The van der Waals surface area contributed by atoms with Crippen molar-refractivity contribution in [2.75, 3.05) is 25.7 Å². The zero-order chi connectivity index (χ0) is 20.5. The number of carbonyl (C=O) groups excluding carboxylic acids is 1. The van der Waals surface area contributed by atoms with Crippen molar-refractivity contribution in [3.8, 4) is 23.0 Å². The Kier molecular flexibility index (Phi) is 5.10. The van der Waals surface area contributed by atoms with E-state index in [-0.39, 0.29) is 29.2 Å². The van der Waals surface area contributed by atoms with Crippen LogP contribution >= 0.6 is 11.6 Å².